The molecule has 0 fully saturated rings. The van der Waals surface area contributed by atoms with Crippen LogP contribution in [0.15, 0.2) is 18.3 Å². The molecule has 0 aliphatic heterocycles. The maximum atomic E-state index is 12.2. The van der Waals surface area contributed by atoms with Crippen LogP contribution in [0.25, 0.3) is 0 Å². The zero-order valence-corrected chi connectivity index (χ0v) is 9.07. The molecule has 102 valence electrons. The van der Waals surface area contributed by atoms with Gasteiger partial charge in [-0.15, -0.1) is 0 Å². The normalized spacial score (nSPS) is 12.6. The molecule has 0 saturated carbocycles. The fourth-order valence-corrected chi connectivity index (χ4v) is 1.17. The first-order valence-electron chi connectivity index (χ1n) is 5.02. The first-order valence-corrected chi connectivity index (χ1v) is 5.02. The Bertz CT molecular complexity index is 367. The molecular weight excluding hydrogens is 262 g/mol. The Labute approximate surface area is 99.0 Å². The number of rotatable bonds is 4. The second kappa shape index (κ2) is 5.45. The summed E-state index contributed by atoms with van der Waals surface area (Å²) in [6.45, 7) is -0.00211. The van der Waals surface area contributed by atoms with E-state index in [2.05, 4.69) is 10.3 Å². The van der Waals surface area contributed by atoms with Crippen LogP contribution in [-0.2, 0) is 6.18 Å². The summed E-state index contributed by atoms with van der Waals surface area (Å²) in [5, 5.41) is 2.52. The number of aromatic nitrogens is 1. The molecule has 1 rings (SSSR count). The predicted molar refractivity (Wildman–Crippen MR) is 53.0 cm³/mol. The van der Waals surface area contributed by atoms with Gasteiger partial charge in [0.25, 0.3) is 0 Å². The van der Waals surface area contributed by atoms with Gasteiger partial charge in [0, 0.05) is 19.2 Å². The van der Waals surface area contributed by atoms with Crippen LogP contribution in [0.3, 0.4) is 0 Å². The van der Waals surface area contributed by atoms with Gasteiger partial charge < -0.3 is 5.32 Å². The summed E-state index contributed by atoms with van der Waals surface area (Å²) in [6.07, 6.45) is -9.17. The third-order valence-electron chi connectivity index (χ3n) is 2.03. The van der Waals surface area contributed by atoms with Gasteiger partial charge in [-0.05, 0) is 18.6 Å². The van der Waals surface area contributed by atoms with Crippen LogP contribution < -0.4 is 5.32 Å². The van der Waals surface area contributed by atoms with E-state index in [1.807, 2.05) is 0 Å². The van der Waals surface area contributed by atoms with Gasteiger partial charge in [0.1, 0.15) is 5.82 Å². The lowest BCUT2D eigenvalue weighted by Gasteiger charge is -2.09. The fourth-order valence-electron chi connectivity index (χ4n) is 1.17. The maximum absolute atomic E-state index is 12.2. The van der Waals surface area contributed by atoms with Crippen molar-refractivity contribution in [1.29, 1.82) is 0 Å². The molecule has 18 heavy (non-hydrogen) atoms. The van der Waals surface area contributed by atoms with E-state index in [0.717, 1.165) is 12.1 Å². The summed E-state index contributed by atoms with van der Waals surface area (Å²) in [4.78, 5) is 3.47. The van der Waals surface area contributed by atoms with Crippen molar-refractivity contribution >= 4 is 5.82 Å². The van der Waals surface area contributed by atoms with Crippen molar-refractivity contribution in [3.8, 4) is 0 Å². The highest BCUT2D eigenvalue weighted by molar-refractivity contribution is 5.35. The van der Waals surface area contributed by atoms with Crippen LogP contribution in [-0.4, -0.2) is 17.7 Å². The third kappa shape index (κ3) is 5.24. The molecule has 0 amide bonds. The molecule has 1 N–H and O–H groups in total. The topological polar surface area (TPSA) is 24.9 Å². The van der Waals surface area contributed by atoms with E-state index < -0.39 is 24.3 Å². The molecule has 0 unspecified atom stereocenters. The molecule has 0 saturated heterocycles. The van der Waals surface area contributed by atoms with Crippen LogP contribution in [0.5, 0.6) is 0 Å². The summed E-state index contributed by atoms with van der Waals surface area (Å²) in [7, 11) is 0. The van der Waals surface area contributed by atoms with Crippen LogP contribution in [0, 0.1) is 0 Å². The number of alkyl halides is 6. The first kappa shape index (κ1) is 14.6. The predicted octanol–water partition coefficient (Wildman–Crippen LogP) is 3.85. The molecule has 1 heterocycles. The summed E-state index contributed by atoms with van der Waals surface area (Å²) in [5.41, 5.74) is -0.900. The van der Waals surface area contributed by atoms with Crippen LogP contribution in [0.4, 0.5) is 32.2 Å². The Kier molecular flexibility index (Phi) is 4.42. The van der Waals surface area contributed by atoms with Crippen molar-refractivity contribution in [2.75, 3.05) is 11.9 Å². The third-order valence-corrected chi connectivity index (χ3v) is 2.03. The highest BCUT2D eigenvalue weighted by atomic mass is 19.4. The number of nitrogens with zero attached hydrogens (tertiary/aromatic N) is 1. The van der Waals surface area contributed by atoms with Gasteiger partial charge >= 0.3 is 12.4 Å². The minimum absolute atomic E-state index is 0.00211. The molecule has 8 heteroatoms. The second-order valence-corrected chi connectivity index (χ2v) is 3.58. The highest BCUT2D eigenvalue weighted by Gasteiger charge is 2.30. The van der Waals surface area contributed by atoms with Gasteiger partial charge in [0.15, 0.2) is 0 Å². The smallest absolute Gasteiger partial charge is 0.370 e. The van der Waals surface area contributed by atoms with Crippen LogP contribution in [0.1, 0.15) is 18.4 Å². The number of anilines is 1. The fraction of sp³-hybridized carbons (Fsp3) is 0.500. The average molecular weight is 272 g/mol. The largest absolute Gasteiger partial charge is 0.417 e. The quantitative estimate of drug-likeness (QED) is 0.665. The van der Waals surface area contributed by atoms with Gasteiger partial charge in [0.2, 0.25) is 0 Å². The lowest BCUT2D eigenvalue weighted by molar-refractivity contribution is -0.138. The Hall–Kier alpha value is -1.47. The van der Waals surface area contributed by atoms with Crippen molar-refractivity contribution in [3.63, 3.8) is 0 Å². The number of halogens is 6. The average Bonchev–Trinajstić information content (AvgIpc) is 2.22. The molecule has 0 bridgehead atoms. The van der Waals surface area contributed by atoms with Crippen LogP contribution >= 0.6 is 0 Å². The number of pyridine rings is 1. The van der Waals surface area contributed by atoms with E-state index in [1.165, 1.54) is 0 Å². The van der Waals surface area contributed by atoms with E-state index >= 15 is 0 Å². The van der Waals surface area contributed by atoms with E-state index in [-0.39, 0.29) is 18.8 Å². The zero-order chi connectivity index (χ0) is 13.8. The molecule has 1 aromatic heterocycles. The van der Waals surface area contributed by atoms with Gasteiger partial charge in [-0.25, -0.2) is 4.98 Å². The molecule has 0 aromatic carbocycles. The van der Waals surface area contributed by atoms with Gasteiger partial charge in [0.05, 0.1) is 5.56 Å². The maximum Gasteiger partial charge on any atom is 0.417 e. The molecule has 1 aromatic rings. The Morgan fingerprint density at radius 3 is 2.17 bits per heavy atom. The Balaban J connectivity index is 2.41. The Morgan fingerprint density at radius 2 is 1.72 bits per heavy atom. The van der Waals surface area contributed by atoms with Gasteiger partial charge in [-0.3, -0.25) is 0 Å². The highest BCUT2D eigenvalue weighted by Crippen LogP contribution is 2.28. The SMILES string of the molecule is FC(F)(F)CCCNc1ccc(C(F)(F)F)cn1. The van der Waals surface area contributed by atoms with Gasteiger partial charge in [-0.1, -0.05) is 0 Å². The van der Waals surface area contributed by atoms with Crippen molar-refractivity contribution in [2.24, 2.45) is 0 Å². The minimum atomic E-state index is -4.47. The number of hydrogen-bond donors (Lipinski definition) is 1. The van der Waals surface area contributed by atoms with Crippen molar-refractivity contribution < 1.29 is 26.3 Å². The molecule has 2 nitrogen and oxygen atoms in total. The Morgan fingerprint density at radius 1 is 1.06 bits per heavy atom. The lowest BCUT2D eigenvalue weighted by Crippen LogP contribution is -2.12. The van der Waals surface area contributed by atoms with E-state index in [4.69, 9.17) is 0 Å². The standard InChI is InChI=1S/C10H10F6N2/c11-9(12,13)4-1-5-17-8-3-2-7(6-18-8)10(14,15)16/h2-3,6H,1,4-5H2,(H,17,18). The van der Waals surface area contributed by atoms with E-state index in [1.54, 1.807) is 0 Å². The molecular formula is C10H10F6N2. The first-order chi connectivity index (χ1) is 8.18. The molecule has 0 spiro atoms. The molecule has 0 atom stereocenters. The minimum Gasteiger partial charge on any atom is -0.370 e. The number of hydrogen-bond acceptors (Lipinski definition) is 2. The monoisotopic (exact) mass is 272 g/mol. The van der Waals surface area contributed by atoms with E-state index in [0.29, 0.717) is 6.20 Å². The summed E-state index contributed by atoms with van der Waals surface area (Å²) in [5.74, 6) is 0.116. The summed E-state index contributed by atoms with van der Waals surface area (Å²) >= 11 is 0. The van der Waals surface area contributed by atoms with Crippen molar-refractivity contribution in [3.05, 3.63) is 23.9 Å². The summed E-state index contributed by atoms with van der Waals surface area (Å²) in [6, 6.07) is 1.90. The lowest BCUT2D eigenvalue weighted by atomic mass is 10.2. The van der Waals surface area contributed by atoms with Crippen molar-refractivity contribution in [2.45, 2.75) is 25.2 Å². The van der Waals surface area contributed by atoms with Gasteiger partial charge in [-0.2, -0.15) is 26.3 Å². The summed E-state index contributed by atoms with van der Waals surface area (Å²) < 4.78 is 71.9. The molecule has 0 aliphatic rings. The second-order valence-electron chi connectivity index (χ2n) is 3.58. The van der Waals surface area contributed by atoms with Crippen molar-refractivity contribution in [1.82, 2.24) is 4.98 Å². The molecule has 0 aliphatic carbocycles. The van der Waals surface area contributed by atoms with E-state index in [9.17, 15) is 26.3 Å². The number of nitrogens with one attached hydrogen (secondary N) is 1. The van der Waals surface area contributed by atoms with Crippen LogP contribution in [0.2, 0.25) is 0 Å². The molecule has 0 radical (unpaired) electrons. The zero-order valence-electron chi connectivity index (χ0n) is 9.07.